The summed E-state index contributed by atoms with van der Waals surface area (Å²) in [6, 6.07) is 14.7. The second-order valence-corrected chi connectivity index (χ2v) is 4.23. The van der Waals surface area contributed by atoms with Crippen molar-refractivity contribution >= 4 is 6.47 Å². The SMILES string of the molecule is O=COCc1ccc2c(c1)Cc1ccccc1-2. The van der Waals surface area contributed by atoms with Gasteiger partial charge in [0.05, 0.1) is 0 Å². The van der Waals surface area contributed by atoms with E-state index in [0.29, 0.717) is 13.1 Å². The minimum Gasteiger partial charge on any atom is -0.463 e. The molecule has 2 nitrogen and oxygen atoms in total. The van der Waals surface area contributed by atoms with E-state index in [2.05, 4.69) is 36.4 Å². The van der Waals surface area contributed by atoms with Crippen LogP contribution in [0.2, 0.25) is 0 Å². The van der Waals surface area contributed by atoms with Gasteiger partial charge in [0.15, 0.2) is 0 Å². The highest BCUT2D eigenvalue weighted by atomic mass is 16.5. The van der Waals surface area contributed by atoms with Crippen molar-refractivity contribution in [2.75, 3.05) is 0 Å². The lowest BCUT2D eigenvalue weighted by Crippen LogP contribution is -1.91. The van der Waals surface area contributed by atoms with Crippen molar-refractivity contribution in [3.8, 4) is 11.1 Å². The zero-order chi connectivity index (χ0) is 11.7. The molecular weight excluding hydrogens is 212 g/mol. The number of hydrogen-bond donors (Lipinski definition) is 0. The third-order valence-electron chi connectivity index (χ3n) is 3.18. The number of carbonyl (C=O) groups excluding carboxylic acids is 1. The summed E-state index contributed by atoms with van der Waals surface area (Å²) in [5.41, 5.74) is 6.36. The van der Waals surface area contributed by atoms with Crippen molar-refractivity contribution in [2.45, 2.75) is 13.0 Å². The van der Waals surface area contributed by atoms with Crippen LogP contribution in [0.15, 0.2) is 42.5 Å². The molecule has 2 aromatic rings. The van der Waals surface area contributed by atoms with Gasteiger partial charge in [0.25, 0.3) is 6.47 Å². The number of rotatable bonds is 3. The molecule has 2 heteroatoms. The Bertz CT molecular complexity index is 573. The molecule has 1 aliphatic carbocycles. The Morgan fingerprint density at radius 1 is 1.06 bits per heavy atom. The van der Waals surface area contributed by atoms with Crippen molar-refractivity contribution in [1.82, 2.24) is 0 Å². The highest BCUT2D eigenvalue weighted by Gasteiger charge is 2.17. The lowest BCUT2D eigenvalue weighted by Gasteiger charge is -2.04. The predicted molar refractivity (Wildman–Crippen MR) is 65.5 cm³/mol. The molecule has 0 aromatic heterocycles. The summed E-state index contributed by atoms with van der Waals surface area (Å²) in [4.78, 5) is 10.2. The van der Waals surface area contributed by atoms with E-state index in [-0.39, 0.29) is 0 Å². The van der Waals surface area contributed by atoms with Crippen LogP contribution in [0.1, 0.15) is 16.7 Å². The van der Waals surface area contributed by atoms with E-state index in [9.17, 15) is 4.79 Å². The zero-order valence-corrected chi connectivity index (χ0v) is 9.35. The summed E-state index contributed by atoms with van der Waals surface area (Å²) in [5, 5.41) is 0. The van der Waals surface area contributed by atoms with Crippen molar-refractivity contribution < 1.29 is 9.53 Å². The molecule has 0 radical (unpaired) electrons. The van der Waals surface area contributed by atoms with Gasteiger partial charge in [-0.25, -0.2) is 0 Å². The minimum atomic E-state index is 0.354. The van der Waals surface area contributed by atoms with Crippen LogP contribution >= 0.6 is 0 Å². The van der Waals surface area contributed by atoms with Gasteiger partial charge in [0.1, 0.15) is 6.61 Å². The third-order valence-corrected chi connectivity index (χ3v) is 3.18. The van der Waals surface area contributed by atoms with Crippen molar-refractivity contribution in [3.63, 3.8) is 0 Å². The van der Waals surface area contributed by atoms with E-state index < -0.39 is 0 Å². The Hall–Kier alpha value is -2.09. The molecule has 0 aliphatic heterocycles. The summed E-state index contributed by atoms with van der Waals surface area (Å²) in [5.74, 6) is 0. The standard InChI is InChI=1S/C15H12O2/c16-10-17-9-11-5-6-15-13(7-11)8-12-3-1-2-4-14(12)15/h1-7,10H,8-9H2. The second kappa shape index (κ2) is 4.06. The van der Waals surface area contributed by atoms with Crippen molar-refractivity contribution in [1.29, 1.82) is 0 Å². The summed E-state index contributed by atoms with van der Waals surface area (Å²) < 4.78 is 4.78. The maximum Gasteiger partial charge on any atom is 0.293 e. The maximum atomic E-state index is 10.2. The van der Waals surface area contributed by atoms with Crippen molar-refractivity contribution in [3.05, 3.63) is 59.2 Å². The van der Waals surface area contributed by atoms with Gasteiger partial charge in [-0.2, -0.15) is 0 Å². The molecule has 1 aliphatic rings. The van der Waals surface area contributed by atoms with E-state index >= 15 is 0 Å². The fraction of sp³-hybridized carbons (Fsp3) is 0.133. The fourth-order valence-corrected chi connectivity index (χ4v) is 2.42. The topological polar surface area (TPSA) is 26.3 Å². The molecule has 0 bridgehead atoms. The molecule has 0 amide bonds. The van der Waals surface area contributed by atoms with Gasteiger partial charge in [-0.15, -0.1) is 0 Å². The molecule has 0 unspecified atom stereocenters. The van der Waals surface area contributed by atoms with Gasteiger partial charge in [0.2, 0.25) is 0 Å². The monoisotopic (exact) mass is 224 g/mol. The van der Waals surface area contributed by atoms with Crippen LogP contribution in [0.3, 0.4) is 0 Å². The van der Waals surface area contributed by atoms with Crippen LogP contribution in [0, 0.1) is 0 Å². The van der Waals surface area contributed by atoms with Crippen LogP contribution in [0.5, 0.6) is 0 Å². The van der Waals surface area contributed by atoms with Gasteiger partial charge < -0.3 is 4.74 Å². The van der Waals surface area contributed by atoms with E-state index in [4.69, 9.17) is 4.74 Å². The molecule has 84 valence electrons. The first-order valence-electron chi connectivity index (χ1n) is 5.64. The quantitative estimate of drug-likeness (QED) is 0.639. The number of hydrogen-bond acceptors (Lipinski definition) is 2. The third kappa shape index (κ3) is 1.72. The molecular formula is C15H12O2. The first kappa shape index (κ1) is 10.1. The lowest BCUT2D eigenvalue weighted by atomic mass is 10.0. The highest BCUT2D eigenvalue weighted by Crippen LogP contribution is 2.36. The van der Waals surface area contributed by atoms with Gasteiger partial charge in [0, 0.05) is 0 Å². The molecule has 0 saturated heterocycles. The maximum absolute atomic E-state index is 10.2. The first-order chi connectivity index (χ1) is 8.38. The summed E-state index contributed by atoms with van der Waals surface area (Å²) in [6.45, 7) is 0.842. The Morgan fingerprint density at radius 2 is 1.88 bits per heavy atom. The van der Waals surface area contributed by atoms with E-state index in [0.717, 1.165) is 12.0 Å². The summed E-state index contributed by atoms with van der Waals surface area (Å²) in [7, 11) is 0. The van der Waals surface area contributed by atoms with Crippen LogP contribution in [-0.2, 0) is 22.6 Å². The Balaban J connectivity index is 1.98. The highest BCUT2D eigenvalue weighted by molar-refractivity contribution is 5.76. The Kier molecular flexibility index (Phi) is 2.41. The number of carbonyl (C=O) groups is 1. The first-order valence-corrected chi connectivity index (χ1v) is 5.64. The van der Waals surface area contributed by atoms with E-state index in [1.54, 1.807) is 0 Å². The van der Waals surface area contributed by atoms with Crippen LogP contribution in [0.25, 0.3) is 11.1 Å². The molecule has 0 saturated carbocycles. The van der Waals surface area contributed by atoms with Crippen LogP contribution < -0.4 is 0 Å². The minimum absolute atomic E-state index is 0.354. The molecule has 17 heavy (non-hydrogen) atoms. The normalized spacial score (nSPS) is 11.8. The van der Waals surface area contributed by atoms with E-state index in [1.807, 2.05) is 6.07 Å². The predicted octanol–water partition coefficient (Wildman–Crippen LogP) is 2.93. The Labute approximate surface area is 99.9 Å². The number of benzene rings is 2. The molecule has 0 fully saturated rings. The van der Waals surface area contributed by atoms with Gasteiger partial charge in [-0.3, -0.25) is 4.79 Å². The van der Waals surface area contributed by atoms with Gasteiger partial charge in [-0.1, -0.05) is 42.5 Å². The summed E-state index contributed by atoms with van der Waals surface area (Å²) in [6.07, 6.45) is 0.973. The van der Waals surface area contributed by atoms with Crippen LogP contribution in [-0.4, -0.2) is 6.47 Å². The molecule has 0 atom stereocenters. The lowest BCUT2D eigenvalue weighted by molar-refractivity contribution is -0.129. The largest absolute Gasteiger partial charge is 0.463 e. The number of fused-ring (bicyclic) bond motifs is 3. The molecule has 0 heterocycles. The van der Waals surface area contributed by atoms with Crippen molar-refractivity contribution in [2.24, 2.45) is 0 Å². The zero-order valence-electron chi connectivity index (χ0n) is 9.35. The molecule has 3 rings (SSSR count). The second-order valence-electron chi connectivity index (χ2n) is 4.23. The smallest absolute Gasteiger partial charge is 0.293 e. The Morgan fingerprint density at radius 3 is 2.76 bits per heavy atom. The van der Waals surface area contributed by atoms with Gasteiger partial charge >= 0.3 is 0 Å². The average Bonchev–Trinajstić information content (AvgIpc) is 2.74. The molecule has 0 N–H and O–H groups in total. The average molecular weight is 224 g/mol. The molecule has 0 spiro atoms. The molecule has 2 aromatic carbocycles. The summed E-state index contributed by atoms with van der Waals surface area (Å²) >= 11 is 0. The number of ether oxygens (including phenoxy) is 1. The van der Waals surface area contributed by atoms with Gasteiger partial charge in [-0.05, 0) is 34.2 Å². The van der Waals surface area contributed by atoms with Crippen LogP contribution in [0.4, 0.5) is 0 Å². The van der Waals surface area contributed by atoms with E-state index in [1.165, 1.54) is 22.3 Å². The fourth-order valence-electron chi connectivity index (χ4n) is 2.42.